The van der Waals surface area contributed by atoms with Gasteiger partial charge in [-0.2, -0.15) is 0 Å². The van der Waals surface area contributed by atoms with E-state index in [4.69, 9.17) is 27.1 Å². The van der Waals surface area contributed by atoms with Crippen LogP contribution < -0.4 is 5.73 Å². The van der Waals surface area contributed by atoms with Gasteiger partial charge in [0.25, 0.3) is 0 Å². The molecule has 2 atom stereocenters. The number of rotatable bonds is 4. The average molecular weight is 430 g/mol. The van der Waals surface area contributed by atoms with Crippen LogP contribution in [0.25, 0.3) is 0 Å². The number of guanidine groups is 1. The van der Waals surface area contributed by atoms with E-state index in [2.05, 4.69) is 0 Å². The molecule has 2 aliphatic heterocycles. The van der Waals surface area contributed by atoms with E-state index in [1.54, 1.807) is 17.0 Å². The Bertz CT molecular complexity index is 973. The molecule has 2 aromatic rings. The van der Waals surface area contributed by atoms with Gasteiger partial charge in [-0.25, -0.2) is 9.38 Å². The molecule has 0 aromatic heterocycles. The zero-order valence-electron chi connectivity index (χ0n) is 16.9. The molecule has 158 valence electrons. The highest BCUT2D eigenvalue weighted by molar-refractivity contribution is 6.32. The molecule has 1 saturated heterocycles. The summed E-state index contributed by atoms with van der Waals surface area (Å²) in [7, 11) is 0. The van der Waals surface area contributed by atoms with Crippen molar-refractivity contribution < 1.29 is 13.9 Å². The van der Waals surface area contributed by atoms with Crippen molar-refractivity contribution in [3.05, 3.63) is 70.0 Å². The standard InChI is InChI=1S/C23H25ClFN3O2/c1-23(13-20(29)28(22(26)27-23)18-5-3-11-30-14-18)19-6-2-4-16(21(19)24)12-15-7-9-17(25)10-8-15/h2,4,6-10,18H,3,5,11-14H2,1H3,(H2,26,27)/t18-,23-/m0/s1. The molecule has 30 heavy (non-hydrogen) atoms. The summed E-state index contributed by atoms with van der Waals surface area (Å²) in [6.45, 7) is 3.08. The quantitative estimate of drug-likeness (QED) is 0.798. The summed E-state index contributed by atoms with van der Waals surface area (Å²) in [5.74, 6) is -0.130. The number of nitrogens with two attached hydrogens (primary N) is 1. The summed E-state index contributed by atoms with van der Waals surface area (Å²) in [5, 5.41) is 0.558. The van der Waals surface area contributed by atoms with E-state index in [0.29, 0.717) is 24.7 Å². The van der Waals surface area contributed by atoms with E-state index in [9.17, 15) is 9.18 Å². The number of aliphatic imine (C=N–C) groups is 1. The van der Waals surface area contributed by atoms with Gasteiger partial charge in [-0.15, -0.1) is 0 Å². The largest absolute Gasteiger partial charge is 0.379 e. The number of ether oxygens (including phenoxy) is 1. The number of halogens is 2. The van der Waals surface area contributed by atoms with Crippen LogP contribution in [0.3, 0.4) is 0 Å². The van der Waals surface area contributed by atoms with Crippen LogP contribution in [0.1, 0.15) is 42.9 Å². The molecule has 2 heterocycles. The molecule has 1 amide bonds. The fourth-order valence-electron chi connectivity index (χ4n) is 4.28. The Morgan fingerprint density at radius 1 is 1.30 bits per heavy atom. The molecule has 7 heteroatoms. The summed E-state index contributed by atoms with van der Waals surface area (Å²) in [6.07, 6.45) is 2.49. The van der Waals surface area contributed by atoms with Gasteiger partial charge < -0.3 is 10.5 Å². The highest BCUT2D eigenvalue weighted by atomic mass is 35.5. The Morgan fingerprint density at radius 2 is 2.07 bits per heavy atom. The Hall–Kier alpha value is -2.44. The van der Waals surface area contributed by atoms with Crippen molar-refractivity contribution in [3.8, 4) is 0 Å². The van der Waals surface area contributed by atoms with Gasteiger partial charge in [-0.05, 0) is 55.0 Å². The van der Waals surface area contributed by atoms with Gasteiger partial charge >= 0.3 is 0 Å². The fraction of sp³-hybridized carbons (Fsp3) is 0.391. The summed E-state index contributed by atoms with van der Waals surface area (Å²) in [4.78, 5) is 19.3. The number of hydrogen-bond acceptors (Lipinski definition) is 4. The first-order chi connectivity index (χ1) is 14.4. The van der Waals surface area contributed by atoms with E-state index in [1.165, 1.54) is 12.1 Å². The minimum atomic E-state index is -0.844. The van der Waals surface area contributed by atoms with Gasteiger partial charge in [0.05, 0.1) is 24.6 Å². The van der Waals surface area contributed by atoms with Crippen molar-refractivity contribution >= 4 is 23.5 Å². The van der Waals surface area contributed by atoms with Crippen LogP contribution in [0.2, 0.25) is 5.02 Å². The number of hydrogen-bond donors (Lipinski definition) is 1. The minimum Gasteiger partial charge on any atom is -0.379 e. The predicted octanol–water partition coefficient (Wildman–Crippen LogP) is 4.01. The molecule has 2 N–H and O–H groups in total. The van der Waals surface area contributed by atoms with Crippen LogP contribution in [0.4, 0.5) is 4.39 Å². The van der Waals surface area contributed by atoms with Crippen molar-refractivity contribution in [1.82, 2.24) is 4.90 Å². The molecule has 0 aliphatic carbocycles. The fourth-order valence-corrected chi connectivity index (χ4v) is 4.68. The molecular formula is C23H25ClFN3O2. The van der Waals surface area contributed by atoms with Crippen LogP contribution in [-0.4, -0.2) is 36.0 Å². The molecule has 0 bridgehead atoms. The summed E-state index contributed by atoms with van der Waals surface area (Å²) in [5.41, 5.74) is 8.02. The molecule has 0 unspecified atom stereocenters. The van der Waals surface area contributed by atoms with E-state index in [0.717, 1.165) is 29.5 Å². The van der Waals surface area contributed by atoms with Crippen molar-refractivity contribution in [2.24, 2.45) is 10.7 Å². The zero-order chi connectivity index (χ0) is 21.3. The van der Waals surface area contributed by atoms with Gasteiger partial charge in [-0.3, -0.25) is 9.69 Å². The first-order valence-corrected chi connectivity index (χ1v) is 10.5. The number of carbonyl (C=O) groups excluding carboxylic acids is 1. The maximum absolute atomic E-state index is 13.2. The van der Waals surface area contributed by atoms with Crippen LogP contribution in [0.15, 0.2) is 47.5 Å². The third kappa shape index (κ3) is 4.07. The number of nitrogens with zero attached hydrogens (tertiary/aromatic N) is 2. The summed E-state index contributed by atoms with van der Waals surface area (Å²) >= 11 is 6.76. The second-order valence-corrected chi connectivity index (χ2v) is 8.52. The van der Waals surface area contributed by atoms with Crippen molar-refractivity contribution in [2.75, 3.05) is 13.2 Å². The molecule has 0 spiro atoms. The van der Waals surface area contributed by atoms with Crippen LogP contribution in [-0.2, 0) is 21.5 Å². The lowest BCUT2D eigenvalue weighted by Crippen LogP contribution is -2.56. The first kappa shape index (κ1) is 20.8. The lowest BCUT2D eigenvalue weighted by molar-refractivity contribution is -0.133. The Morgan fingerprint density at radius 3 is 2.73 bits per heavy atom. The third-order valence-electron chi connectivity index (χ3n) is 5.84. The highest BCUT2D eigenvalue weighted by Crippen LogP contribution is 2.39. The Labute approximate surface area is 180 Å². The van der Waals surface area contributed by atoms with Crippen LogP contribution in [0.5, 0.6) is 0 Å². The monoisotopic (exact) mass is 429 g/mol. The molecular weight excluding hydrogens is 405 g/mol. The normalized spacial score (nSPS) is 24.6. The Balaban J connectivity index is 1.63. The number of amides is 1. The summed E-state index contributed by atoms with van der Waals surface area (Å²) < 4.78 is 18.7. The maximum atomic E-state index is 13.2. The van der Waals surface area contributed by atoms with Gasteiger partial charge in [-0.1, -0.05) is 41.9 Å². The minimum absolute atomic E-state index is 0.0690. The number of carbonyl (C=O) groups is 1. The smallest absolute Gasteiger partial charge is 0.232 e. The van der Waals surface area contributed by atoms with Crippen molar-refractivity contribution in [3.63, 3.8) is 0 Å². The predicted molar refractivity (Wildman–Crippen MR) is 115 cm³/mol. The molecule has 0 radical (unpaired) electrons. The Kier molecular flexibility index (Phi) is 5.80. The van der Waals surface area contributed by atoms with Gasteiger partial charge in [0.15, 0.2) is 5.96 Å². The molecule has 2 aliphatic rings. The molecule has 4 rings (SSSR count). The first-order valence-electron chi connectivity index (χ1n) is 10.1. The number of benzene rings is 2. The maximum Gasteiger partial charge on any atom is 0.232 e. The van der Waals surface area contributed by atoms with Gasteiger partial charge in [0.2, 0.25) is 5.91 Å². The SMILES string of the molecule is C[C@@]1(c2cccc(Cc3ccc(F)cc3)c2Cl)CC(=O)N([C@H]2CCCOC2)C(N)=N1. The third-order valence-corrected chi connectivity index (χ3v) is 6.29. The van der Waals surface area contributed by atoms with E-state index in [1.807, 2.05) is 25.1 Å². The van der Waals surface area contributed by atoms with Gasteiger partial charge in [0, 0.05) is 11.6 Å². The lowest BCUT2D eigenvalue weighted by atomic mass is 9.85. The topological polar surface area (TPSA) is 67.9 Å². The summed E-state index contributed by atoms with van der Waals surface area (Å²) in [6, 6.07) is 12.0. The van der Waals surface area contributed by atoms with Gasteiger partial charge in [0.1, 0.15) is 5.82 Å². The van der Waals surface area contributed by atoms with E-state index in [-0.39, 0.29) is 30.1 Å². The zero-order valence-corrected chi connectivity index (χ0v) is 17.7. The van der Waals surface area contributed by atoms with Crippen LogP contribution >= 0.6 is 11.6 Å². The molecule has 0 saturated carbocycles. The molecule has 5 nitrogen and oxygen atoms in total. The average Bonchev–Trinajstić information content (AvgIpc) is 2.71. The van der Waals surface area contributed by atoms with E-state index >= 15 is 0 Å². The highest BCUT2D eigenvalue weighted by Gasteiger charge is 2.41. The van der Waals surface area contributed by atoms with Crippen molar-refractivity contribution in [2.45, 2.75) is 44.2 Å². The molecule has 2 aromatic carbocycles. The second-order valence-electron chi connectivity index (χ2n) is 8.14. The molecule has 1 fully saturated rings. The van der Waals surface area contributed by atoms with Crippen molar-refractivity contribution in [1.29, 1.82) is 0 Å². The van der Waals surface area contributed by atoms with E-state index < -0.39 is 5.54 Å². The second kappa shape index (κ2) is 8.36. The van der Waals surface area contributed by atoms with Crippen LogP contribution in [0, 0.1) is 5.82 Å². The lowest BCUT2D eigenvalue weighted by Gasteiger charge is -2.40.